The third-order valence-corrected chi connectivity index (χ3v) is 5.91. The van der Waals surface area contributed by atoms with Gasteiger partial charge >= 0.3 is 0 Å². The highest BCUT2D eigenvalue weighted by atomic mass is 32.1. The summed E-state index contributed by atoms with van der Waals surface area (Å²) in [6, 6.07) is 5.36. The maximum Gasteiger partial charge on any atom is 0.290 e. The molecular weight excluding hydrogens is 330 g/mol. The standard InChI is InChI=1S/C17H17NO3S2/c1-3-12(19)13-14(16-10(2)6-8-23-16)18(17(21)15(13)20)9-11-5-4-7-22-11/h4-8,14,20H,3,9H2,1-2H3. The maximum atomic E-state index is 12.6. The lowest BCUT2D eigenvalue weighted by Gasteiger charge is -2.25. The van der Waals surface area contributed by atoms with Gasteiger partial charge in [0.15, 0.2) is 11.5 Å². The molecule has 1 aliphatic heterocycles. The van der Waals surface area contributed by atoms with Gasteiger partial charge in [-0.25, -0.2) is 0 Å². The van der Waals surface area contributed by atoms with Crippen molar-refractivity contribution in [2.45, 2.75) is 32.9 Å². The minimum atomic E-state index is -0.489. The average molecular weight is 347 g/mol. The molecule has 120 valence electrons. The number of carbonyl (C=O) groups excluding carboxylic acids is 2. The molecule has 0 aliphatic carbocycles. The molecule has 2 aromatic rings. The molecule has 3 heterocycles. The monoisotopic (exact) mass is 347 g/mol. The van der Waals surface area contributed by atoms with Crippen LogP contribution in [0, 0.1) is 6.92 Å². The number of aliphatic hydroxyl groups is 1. The van der Waals surface area contributed by atoms with Crippen LogP contribution in [0.25, 0.3) is 0 Å². The number of Topliss-reactive ketones (excluding diaryl/α,β-unsaturated/α-hetero) is 1. The summed E-state index contributed by atoms with van der Waals surface area (Å²) in [5.74, 6) is -1.04. The largest absolute Gasteiger partial charge is 0.503 e. The van der Waals surface area contributed by atoms with Crippen molar-refractivity contribution in [2.75, 3.05) is 0 Å². The van der Waals surface area contributed by atoms with Crippen molar-refractivity contribution in [1.82, 2.24) is 4.90 Å². The zero-order valence-corrected chi connectivity index (χ0v) is 14.5. The minimum absolute atomic E-state index is 0.178. The number of hydrogen-bond acceptors (Lipinski definition) is 5. The van der Waals surface area contributed by atoms with E-state index in [0.29, 0.717) is 6.54 Å². The van der Waals surface area contributed by atoms with Crippen molar-refractivity contribution in [3.63, 3.8) is 0 Å². The average Bonchev–Trinajstić information content (AvgIpc) is 3.24. The molecule has 1 N–H and O–H groups in total. The lowest BCUT2D eigenvalue weighted by Crippen LogP contribution is -2.30. The highest BCUT2D eigenvalue weighted by Crippen LogP contribution is 2.42. The molecule has 0 fully saturated rings. The second-order valence-electron chi connectivity index (χ2n) is 5.42. The van der Waals surface area contributed by atoms with Gasteiger partial charge in [-0.1, -0.05) is 13.0 Å². The fourth-order valence-corrected chi connectivity index (χ4v) is 4.55. The molecule has 4 nitrogen and oxygen atoms in total. The fourth-order valence-electron chi connectivity index (χ4n) is 2.80. The zero-order valence-electron chi connectivity index (χ0n) is 12.9. The molecule has 0 aromatic carbocycles. The predicted octanol–water partition coefficient (Wildman–Crippen LogP) is 3.99. The normalized spacial score (nSPS) is 18.1. The molecule has 2 aromatic heterocycles. The highest BCUT2D eigenvalue weighted by molar-refractivity contribution is 7.10. The smallest absolute Gasteiger partial charge is 0.290 e. The third-order valence-electron chi connectivity index (χ3n) is 3.98. The molecule has 23 heavy (non-hydrogen) atoms. The van der Waals surface area contributed by atoms with Crippen molar-refractivity contribution in [3.8, 4) is 0 Å². The van der Waals surface area contributed by atoms with Crippen molar-refractivity contribution < 1.29 is 14.7 Å². The number of aliphatic hydroxyl groups excluding tert-OH is 1. The van der Waals surface area contributed by atoms with Gasteiger partial charge in [0.2, 0.25) is 0 Å². The van der Waals surface area contributed by atoms with Crippen molar-refractivity contribution in [1.29, 1.82) is 0 Å². The molecule has 1 aliphatic rings. The van der Waals surface area contributed by atoms with E-state index < -0.39 is 17.7 Å². The van der Waals surface area contributed by atoms with Crippen molar-refractivity contribution in [2.24, 2.45) is 0 Å². The van der Waals surface area contributed by atoms with E-state index in [1.165, 1.54) is 11.3 Å². The number of ketones is 1. The van der Waals surface area contributed by atoms with Gasteiger partial charge in [-0.3, -0.25) is 9.59 Å². The zero-order chi connectivity index (χ0) is 16.6. The maximum absolute atomic E-state index is 12.6. The van der Waals surface area contributed by atoms with Crippen LogP contribution in [-0.2, 0) is 16.1 Å². The molecule has 1 unspecified atom stereocenters. The Kier molecular flexibility index (Phi) is 4.37. The SMILES string of the molecule is CCC(=O)C1=C(O)C(=O)N(Cc2cccs2)C1c1sccc1C. The molecule has 3 rings (SSSR count). The van der Waals surface area contributed by atoms with E-state index in [1.54, 1.807) is 23.2 Å². The van der Waals surface area contributed by atoms with Gasteiger partial charge in [0.25, 0.3) is 5.91 Å². The van der Waals surface area contributed by atoms with E-state index in [1.807, 2.05) is 35.9 Å². The predicted molar refractivity (Wildman–Crippen MR) is 91.6 cm³/mol. The van der Waals surface area contributed by atoms with Gasteiger partial charge in [0, 0.05) is 16.2 Å². The van der Waals surface area contributed by atoms with Gasteiger partial charge in [0.05, 0.1) is 18.2 Å². The Bertz CT molecular complexity index is 774. The summed E-state index contributed by atoms with van der Waals surface area (Å²) in [5.41, 5.74) is 1.26. The van der Waals surface area contributed by atoms with Gasteiger partial charge in [0.1, 0.15) is 0 Å². The van der Waals surface area contributed by atoms with Crippen LogP contribution < -0.4 is 0 Å². The Morgan fingerprint density at radius 2 is 2.09 bits per heavy atom. The Morgan fingerprint density at radius 3 is 2.65 bits per heavy atom. The lowest BCUT2D eigenvalue weighted by atomic mass is 9.98. The number of amides is 1. The molecule has 0 saturated heterocycles. The first kappa shape index (κ1) is 16.0. The van der Waals surface area contributed by atoms with E-state index in [9.17, 15) is 14.7 Å². The Morgan fingerprint density at radius 1 is 1.30 bits per heavy atom. The summed E-state index contributed by atoms with van der Waals surface area (Å²) in [5, 5.41) is 14.2. The number of thiophene rings is 2. The highest BCUT2D eigenvalue weighted by Gasteiger charge is 2.44. The van der Waals surface area contributed by atoms with Crippen LogP contribution >= 0.6 is 22.7 Å². The Balaban J connectivity index is 2.07. The van der Waals surface area contributed by atoms with E-state index >= 15 is 0 Å². The molecule has 0 bridgehead atoms. The van der Waals surface area contributed by atoms with Gasteiger partial charge in [-0.05, 0) is 35.4 Å². The number of aryl methyl sites for hydroxylation is 1. The summed E-state index contributed by atoms with van der Waals surface area (Å²) in [6.45, 7) is 4.10. The number of carbonyl (C=O) groups is 2. The fraction of sp³-hybridized carbons (Fsp3) is 0.294. The number of hydrogen-bond donors (Lipinski definition) is 1. The topological polar surface area (TPSA) is 57.6 Å². The molecule has 0 radical (unpaired) electrons. The third kappa shape index (κ3) is 2.72. The molecule has 0 saturated carbocycles. The van der Waals surface area contributed by atoms with Crippen LogP contribution in [0.5, 0.6) is 0 Å². The molecular formula is C17H17NO3S2. The van der Waals surface area contributed by atoms with Gasteiger partial charge in [-0.15, -0.1) is 22.7 Å². The lowest BCUT2D eigenvalue weighted by molar-refractivity contribution is -0.129. The summed E-state index contributed by atoms with van der Waals surface area (Å²) < 4.78 is 0. The van der Waals surface area contributed by atoms with Crippen LogP contribution in [0.2, 0.25) is 0 Å². The van der Waals surface area contributed by atoms with Crippen LogP contribution in [0.4, 0.5) is 0 Å². The van der Waals surface area contributed by atoms with Gasteiger partial charge in [-0.2, -0.15) is 0 Å². The van der Waals surface area contributed by atoms with E-state index in [2.05, 4.69) is 0 Å². The first-order chi connectivity index (χ1) is 11.0. The number of rotatable bonds is 5. The van der Waals surface area contributed by atoms with Crippen LogP contribution in [0.15, 0.2) is 40.3 Å². The first-order valence-electron chi connectivity index (χ1n) is 7.38. The number of nitrogens with zero attached hydrogens (tertiary/aromatic N) is 1. The second-order valence-corrected chi connectivity index (χ2v) is 7.40. The second kappa shape index (κ2) is 6.29. The molecule has 1 atom stereocenters. The summed E-state index contributed by atoms with van der Waals surface area (Å²) in [6.07, 6.45) is 0.264. The summed E-state index contributed by atoms with van der Waals surface area (Å²) >= 11 is 3.07. The molecule has 1 amide bonds. The summed E-state index contributed by atoms with van der Waals surface area (Å²) in [4.78, 5) is 28.5. The van der Waals surface area contributed by atoms with E-state index in [0.717, 1.165) is 15.3 Å². The van der Waals surface area contributed by atoms with E-state index in [-0.39, 0.29) is 17.8 Å². The van der Waals surface area contributed by atoms with Crippen molar-refractivity contribution in [3.05, 3.63) is 55.6 Å². The molecule has 6 heteroatoms. The quantitative estimate of drug-likeness (QED) is 0.889. The van der Waals surface area contributed by atoms with Crippen LogP contribution in [0.1, 0.15) is 34.7 Å². The van der Waals surface area contributed by atoms with Gasteiger partial charge < -0.3 is 10.0 Å². The first-order valence-corrected chi connectivity index (χ1v) is 9.14. The van der Waals surface area contributed by atoms with E-state index in [4.69, 9.17) is 0 Å². The van der Waals surface area contributed by atoms with Crippen LogP contribution in [0.3, 0.4) is 0 Å². The summed E-state index contributed by atoms with van der Waals surface area (Å²) in [7, 11) is 0. The Hall–Kier alpha value is -1.92. The van der Waals surface area contributed by atoms with Crippen LogP contribution in [-0.4, -0.2) is 21.7 Å². The molecule has 0 spiro atoms. The van der Waals surface area contributed by atoms with Crippen molar-refractivity contribution >= 4 is 34.4 Å². The Labute approximate surface area is 142 Å². The minimum Gasteiger partial charge on any atom is -0.503 e.